The van der Waals surface area contributed by atoms with E-state index in [0.717, 1.165) is 27.2 Å². The first-order chi connectivity index (χ1) is 14.7. The van der Waals surface area contributed by atoms with E-state index in [0.29, 0.717) is 23.5 Å². The van der Waals surface area contributed by atoms with Crippen LogP contribution < -0.4 is 5.32 Å². The number of hydrogen-bond donors (Lipinski definition) is 1. The van der Waals surface area contributed by atoms with Gasteiger partial charge in [0.2, 0.25) is 5.91 Å². The van der Waals surface area contributed by atoms with Crippen LogP contribution in [0.4, 0.5) is 5.69 Å². The fourth-order valence-corrected chi connectivity index (χ4v) is 5.42. The lowest BCUT2D eigenvalue weighted by Gasteiger charge is -2.23. The molecule has 1 fully saturated rings. The van der Waals surface area contributed by atoms with Crippen LogP contribution in [0.1, 0.15) is 22.5 Å². The van der Waals surface area contributed by atoms with Crippen LogP contribution in [0.25, 0.3) is 20.8 Å². The predicted octanol–water partition coefficient (Wildman–Crippen LogP) is 5.27. The fraction of sp³-hybridized carbons (Fsp3) is 0.174. The van der Waals surface area contributed by atoms with Gasteiger partial charge in [-0.1, -0.05) is 30.3 Å². The maximum Gasteiger partial charge on any atom is 0.264 e. The Balaban J connectivity index is 1.35. The summed E-state index contributed by atoms with van der Waals surface area (Å²) in [5, 5.41) is 5.81. The van der Waals surface area contributed by atoms with E-state index in [9.17, 15) is 9.59 Å². The first-order valence-electron chi connectivity index (χ1n) is 9.80. The highest BCUT2D eigenvalue weighted by Gasteiger charge is 2.34. The van der Waals surface area contributed by atoms with Crippen LogP contribution in [-0.4, -0.2) is 34.3 Å². The first-order valence-corrected chi connectivity index (χ1v) is 11.5. The summed E-state index contributed by atoms with van der Waals surface area (Å²) in [6.07, 6.45) is 1.52. The zero-order valence-corrected chi connectivity index (χ0v) is 17.7. The Morgan fingerprint density at radius 1 is 1.07 bits per heavy atom. The summed E-state index contributed by atoms with van der Waals surface area (Å²) in [5.74, 6) is -0.204. The highest BCUT2D eigenvalue weighted by molar-refractivity contribution is 7.21. The third-order valence-corrected chi connectivity index (χ3v) is 7.16. The molecule has 1 aliphatic heterocycles. The van der Waals surface area contributed by atoms with E-state index in [1.165, 1.54) is 11.3 Å². The van der Waals surface area contributed by atoms with Gasteiger partial charge in [0, 0.05) is 17.8 Å². The second-order valence-corrected chi connectivity index (χ2v) is 9.17. The summed E-state index contributed by atoms with van der Waals surface area (Å²) >= 11 is 3.04. The minimum atomic E-state index is -0.439. The SMILES string of the molecule is O=C(Nc1cccc(-c2nc3ccccc3s2)c1)[C@@H]1CCCN1C(=O)c1cccs1. The lowest BCUT2D eigenvalue weighted by molar-refractivity contribution is -0.119. The summed E-state index contributed by atoms with van der Waals surface area (Å²) in [7, 11) is 0. The van der Waals surface area contributed by atoms with Crippen LogP contribution >= 0.6 is 22.7 Å². The van der Waals surface area contributed by atoms with Gasteiger partial charge < -0.3 is 10.2 Å². The van der Waals surface area contributed by atoms with Gasteiger partial charge >= 0.3 is 0 Å². The molecule has 4 aromatic rings. The van der Waals surface area contributed by atoms with E-state index in [4.69, 9.17) is 4.98 Å². The lowest BCUT2D eigenvalue weighted by atomic mass is 10.1. The van der Waals surface area contributed by atoms with Crippen LogP contribution in [0.15, 0.2) is 66.0 Å². The zero-order chi connectivity index (χ0) is 20.5. The van der Waals surface area contributed by atoms with Crippen molar-refractivity contribution in [2.45, 2.75) is 18.9 Å². The Kier molecular flexibility index (Phi) is 5.06. The van der Waals surface area contributed by atoms with Crippen LogP contribution in [0.5, 0.6) is 0 Å². The molecule has 1 N–H and O–H groups in total. The summed E-state index contributed by atoms with van der Waals surface area (Å²) in [6, 6.07) is 19.0. The van der Waals surface area contributed by atoms with E-state index in [-0.39, 0.29) is 11.8 Å². The van der Waals surface area contributed by atoms with Crippen molar-refractivity contribution in [3.63, 3.8) is 0 Å². The molecular weight excluding hydrogens is 414 g/mol. The highest BCUT2D eigenvalue weighted by atomic mass is 32.1. The molecule has 150 valence electrons. The molecule has 1 atom stereocenters. The number of para-hydroxylation sites is 1. The fourth-order valence-electron chi connectivity index (χ4n) is 3.78. The van der Waals surface area contributed by atoms with E-state index in [1.54, 1.807) is 16.2 Å². The molecule has 0 spiro atoms. The van der Waals surface area contributed by atoms with Gasteiger partial charge in [0.1, 0.15) is 11.0 Å². The molecule has 3 heterocycles. The second-order valence-electron chi connectivity index (χ2n) is 7.19. The molecule has 0 radical (unpaired) electrons. The van der Waals surface area contributed by atoms with Gasteiger partial charge in [-0.3, -0.25) is 9.59 Å². The Morgan fingerprint density at radius 2 is 1.97 bits per heavy atom. The molecule has 2 aromatic carbocycles. The summed E-state index contributed by atoms with van der Waals surface area (Å²) < 4.78 is 1.13. The number of carbonyl (C=O) groups excluding carboxylic acids is 2. The largest absolute Gasteiger partial charge is 0.326 e. The number of rotatable bonds is 4. The molecular formula is C23H19N3O2S2. The van der Waals surface area contributed by atoms with Crippen molar-refractivity contribution in [2.75, 3.05) is 11.9 Å². The van der Waals surface area contributed by atoms with E-state index >= 15 is 0 Å². The maximum absolute atomic E-state index is 13.0. The number of hydrogen-bond acceptors (Lipinski definition) is 5. The molecule has 0 unspecified atom stereocenters. The van der Waals surface area contributed by atoms with Crippen molar-refractivity contribution in [3.05, 3.63) is 70.9 Å². The van der Waals surface area contributed by atoms with E-state index < -0.39 is 6.04 Å². The molecule has 2 aromatic heterocycles. The van der Waals surface area contributed by atoms with Crippen molar-refractivity contribution in [3.8, 4) is 10.6 Å². The maximum atomic E-state index is 13.0. The highest BCUT2D eigenvalue weighted by Crippen LogP contribution is 2.31. The number of nitrogens with zero attached hydrogens (tertiary/aromatic N) is 2. The molecule has 1 saturated heterocycles. The molecule has 0 bridgehead atoms. The molecule has 30 heavy (non-hydrogen) atoms. The smallest absolute Gasteiger partial charge is 0.264 e. The molecule has 0 aliphatic carbocycles. The molecule has 5 nitrogen and oxygen atoms in total. The van der Waals surface area contributed by atoms with Crippen molar-refractivity contribution in [2.24, 2.45) is 0 Å². The molecule has 1 aliphatic rings. The number of aromatic nitrogens is 1. The number of amides is 2. The number of likely N-dealkylation sites (tertiary alicyclic amines) is 1. The number of carbonyl (C=O) groups is 2. The summed E-state index contributed by atoms with van der Waals surface area (Å²) in [6.45, 7) is 0.612. The van der Waals surface area contributed by atoms with Crippen molar-refractivity contribution < 1.29 is 9.59 Å². The van der Waals surface area contributed by atoms with Gasteiger partial charge in [0.05, 0.1) is 15.1 Å². The van der Waals surface area contributed by atoms with Crippen LogP contribution in [0.3, 0.4) is 0 Å². The van der Waals surface area contributed by atoms with E-state index in [2.05, 4.69) is 11.4 Å². The minimum absolute atomic E-state index is 0.0640. The Hall–Kier alpha value is -3.03. The normalized spacial score (nSPS) is 16.1. The Bertz CT molecular complexity index is 1180. The van der Waals surface area contributed by atoms with Gasteiger partial charge in [0.15, 0.2) is 0 Å². The zero-order valence-electron chi connectivity index (χ0n) is 16.1. The third kappa shape index (κ3) is 3.62. The average Bonchev–Trinajstić information content (AvgIpc) is 3.53. The number of anilines is 1. The monoisotopic (exact) mass is 433 g/mol. The summed E-state index contributed by atoms with van der Waals surface area (Å²) in [4.78, 5) is 32.8. The Morgan fingerprint density at radius 3 is 2.80 bits per heavy atom. The number of fused-ring (bicyclic) bond motifs is 1. The first kappa shape index (κ1) is 19.0. The second kappa shape index (κ2) is 8.01. The summed E-state index contributed by atoms with van der Waals surface area (Å²) in [5.41, 5.74) is 2.65. The molecule has 5 rings (SSSR count). The van der Waals surface area contributed by atoms with Gasteiger partial charge in [-0.2, -0.15) is 0 Å². The van der Waals surface area contributed by atoms with E-state index in [1.807, 2.05) is 60.0 Å². The molecule has 0 saturated carbocycles. The number of thiophene rings is 1. The van der Waals surface area contributed by atoms with Crippen LogP contribution in [-0.2, 0) is 4.79 Å². The van der Waals surface area contributed by atoms with Gasteiger partial charge in [-0.25, -0.2) is 4.98 Å². The van der Waals surface area contributed by atoms with Crippen molar-refractivity contribution >= 4 is 50.4 Å². The number of nitrogens with one attached hydrogen (secondary N) is 1. The third-order valence-electron chi connectivity index (χ3n) is 5.22. The number of benzene rings is 2. The van der Waals surface area contributed by atoms with Gasteiger partial charge in [-0.15, -0.1) is 22.7 Å². The molecule has 2 amide bonds. The minimum Gasteiger partial charge on any atom is -0.326 e. The van der Waals surface area contributed by atoms with Gasteiger partial charge in [-0.05, 0) is 48.6 Å². The Labute approximate surface area is 182 Å². The standard InChI is InChI=1S/C23H19N3O2S2/c27-21(18-9-4-12-26(18)23(28)20-11-5-13-29-20)24-16-7-3-6-15(14-16)22-25-17-8-1-2-10-19(17)30-22/h1-3,5-8,10-11,13-14,18H,4,9,12H2,(H,24,27)/t18-/m0/s1. The quantitative estimate of drug-likeness (QED) is 0.477. The predicted molar refractivity (Wildman–Crippen MR) is 122 cm³/mol. The average molecular weight is 434 g/mol. The lowest BCUT2D eigenvalue weighted by Crippen LogP contribution is -2.42. The van der Waals surface area contributed by atoms with Crippen LogP contribution in [0, 0.1) is 0 Å². The molecule has 7 heteroatoms. The topological polar surface area (TPSA) is 62.3 Å². The van der Waals surface area contributed by atoms with Crippen molar-refractivity contribution in [1.29, 1.82) is 0 Å². The van der Waals surface area contributed by atoms with Crippen LogP contribution in [0.2, 0.25) is 0 Å². The number of thiazole rings is 1. The van der Waals surface area contributed by atoms with Crippen molar-refractivity contribution in [1.82, 2.24) is 9.88 Å². The van der Waals surface area contributed by atoms with Gasteiger partial charge in [0.25, 0.3) is 5.91 Å².